The Kier molecular flexibility index (Phi) is 5.39. The van der Waals surface area contributed by atoms with Gasteiger partial charge < -0.3 is 4.90 Å². The van der Waals surface area contributed by atoms with Crippen molar-refractivity contribution in [1.82, 2.24) is 9.88 Å². The second-order valence-corrected chi connectivity index (χ2v) is 8.01. The maximum atomic E-state index is 13.3. The van der Waals surface area contributed by atoms with Crippen molar-refractivity contribution in [2.75, 3.05) is 32.1 Å². The van der Waals surface area contributed by atoms with Crippen LogP contribution in [0.15, 0.2) is 36.4 Å². The van der Waals surface area contributed by atoms with Gasteiger partial charge in [-0.15, -0.1) is 0 Å². The molecule has 136 valence electrons. The number of fused-ring (bicyclic) bond motifs is 1. The molecule has 0 atom stereocenters. The van der Waals surface area contributed by atoms with Crippen molar-refractivity contribution >= 4 is 32.6 Å². The van der Waals surface area contributed by atoms with Gasteiger partial charge in [-0.1, -0.05) is 35.6 Å². The van der Waals surface area contributed by atoms with E-state index in [0.29, 0.717) is 6.54 Å². The van der Waals surface area contributed by atoms with Crippen molar-refractivity contribution < 1.29 is 4.79 Å². The first kappa shape index (κ1) is 18.5. The number of thiazole rings is 1. The lowest BCUT2D eigenvalue weighted by atomic mass is 10.1. The highest BCUT2D eigenvalue weighted by atomic mass is 32.1. The summed E-state index contributed by atoms with van der Waals surface area (Å²) in [6.07, 6.45) is 0. The first-order valence-electron chi connectivity index (χ1n) is 8.77. The second-order valence-electron chi connectivity index (χ2n) is 7.00. The van der Waals surface area contributed by atoms with E-state index in [1.807, 2.05) is 50.2 Å². The summed E-state index contributed by atoms with van der Waals surface area (Å²) in [5, 5.41) is 0.767. The molecule has 1 heterocycles. The summed E-state index contributed by atoms with van der Waals surface area (Å²) in [4.78, 5) is 22.0. The molecular formula is C21H25N3OS. The van der Waals surface area contributed by atoms with Gasteiger partial charge in [-0.05, 0) is 63.7 Å². The normalized spacial score (nSPS) is 11.3. The Labute approximate surface area is 159 Å². The van der Waals surface area contributed by atoms with Gasteiger partial charge in [0.15, 0.2) is 5.13 Å². The van der Waals surface area contributed by atoms with Crippen LogP contribution in [0.1, 0.15) is 27.0 Å². The third kappa shape index (κ3) is 3.79. The lowest BCUT2D eigenvalue weighted by Gasteiger charge is -2.22. The number of hydrogen-bond acceptors (Lipinski definition) is 4. The predicted molar refractivity (Wildman–Crippen MR) is 111 cm³/mol. The Morgan fingerprint density at radius 2 is 1.77 bits per heavy atom. The van der Waals surface area contributed by atoms with E-state index in [4.69, 9.17) is 4.98 Å². The van der Waals surface area contributed by atoms with Crippen LogP contribution in [-0.2, 0) is 0 Å². The Hall–Kier alpha value is -2.24. The van der Waals surface area contributed by atoms with Crippen LogP contribution in [0.2, 0.25) is 0 Å². The van der Waals surface area contributed by atoms with Gasteiger partial charge in [-0.3, -0.25) is 9.69 Å². The maximum absolute atomic E-state index is 13.3. The molecule has 0 spiro atoms. The monoisotopic (exact) mass is 367 g/mol. The van der Waals surface area contributed by atoms with E-state index in [2.05, 4.69) is 30.9 Å². The topological polar surface area (TPSA) is 36.4 Å². The fourth-order valence-corrected chi connectivity index (χ4v) is 4.18. The Morgan fingerprint density at radius 1 is 1.04 bits per heavy atom. The van der Waals surface area contributed by atoms with Gasteiger partial charge >= 0.3 is 0 Å². The molecular weight excluding hydrogens is 342 g/mol. The lowest BCUT2D eigenvalue weighted by Crippen LogP contribution is -2.37. The smallest absolute Gasteiger partial charge is 0.260 e. The number of carbonyl (C=O) groups is 1. The van der Waals surface area contributed by atoms with E-state index >= 15 is 0 Å². The third-order valence-corrected chi connectivity index (χ3v) is 5.47. The van der Waals surface area contributed by atoms with E-state index in [0.717, 1.165) is 38.6 Å². The average molecular weight is 368 g/mol. The summed E-state index contributed by atoms with van der Waals surface area (Å²) in [6, 6.07) is 12.0. The molecule has 0 radical (unpaired) electrons. The molecule has 1 aromatic heterocycles. The predicted octanol–water partition coefficient (Wildman–Crippen LogP) is 4.43. The van der Waals surface area contributed by atoms with Crippen molar-refractivity contribution in [1.29, 1.82) is 0 Å². The summed E-state index contributed by atoms with van der Waals surface area (Å²) in [7, 11) is 4.03. The van der Waals surface area contributed by atoms with E-state index < -0.39 is 0 Å². The molecule has 4 nitrogen and oxygen atoms in total. The molecule has 0 N–H and O–H groups in total. The molecule has 0 saturated heterocycles. The number of hydrogen-bond donors (Lipinski definition) is 0. The summed E-state index contributed by atoms with van der Waals surface area (Å²) >= 11 is 1.59. The van der Waals surface area contributed by atoms with E-state index in [1.54, 1.807) is 11.3 Å². The zero-order chi connectivity index (χ0) is 18.8. The van der Waals surface area contributed by atoms with Crippen molar-refractivity contribution in [2.24, 2.45) is 0 Å². The standard InChI is InChI=1S/C21H25N3OS/c1-14-12-16(3)19-18(13-14)26-21(22-19)24(11-10-23(4)5)20(25)17-9-7-6-8-15(17)2/h6-9,12-13H,10-11H2,1-5H3. The zero-order valence-corrected chi connectivity index (χ0v) is 16.9. The van der Waals surface area contributed by atoms with Crippen LogP contribution in [0.25, 0.3) is 10.2 Å². The number of benzene rings is 2. The molecule has 2 aromatic carbocycles. The van der Waals surface area contributed by atoms with Crippen LogP contribution in [-0.4, -0.2) is 43.0 Å². The number of aryl methyl sites for hydroxylation is 3. The fraction of sp³-hybridized carbons (Fsp3) is 0.333. The lowest BCUT2D eigenvalue weighted by molar-refractivity contribution is 0.0984. The van der Waals surface area contributed by atoms with Crippen LogP contribution in [0.3, 0.4) is 0 Å². The van der Waals surface area contributed by atoms with Crippen LogP contribution in [0.5, 0.6) is 0 Å². The molecule has 0 bridgehead atoms. The van der Waals surface area contributed by atoms with Gasteiger partial charge in [0.05, 0.1) is 10.2 Å². The number of aromatic nitrogens is 1. The third-order valence-electron chi connectivity index (χ3n) is 4.44. The largest absolute Gasteiger partial charge is 0.308 e. The van der Waals surface area contributed by atoms with Gasteiger partial charge in [0.1, 0.15) is 0 Å². The molecule has 0 aliphatic heterocycles. The highest BCUT2D eigenvalue weighted by Gasteiger charge is 2.23. The van der Waals surface area contributed by atoms with E-state index in [9.17, 15) is 4.79 Å². The summed E-state index contributed by atoms with van der Waals surface area (Å²) < 4.78 is 1.13. The molecule has 0 aliphatic rings. The zero-order valence-electron chi connectivity index (χ0n) is 16.0. The number of nitrogens with zero attached hydrogens (tertiary/aromatic N) is 3. The SMILES string of the molecule is Cc1cc(C)c2nc(N(CCN(C)C)C(=O)c3ccccc3C)sc2c1. The van der Waals surface area contributed by atoms with Crippen LogP contribution in [0, 0.1) is 20.8 Å². The molecule has 5 heteroatoms. The Balaban J connectivity index is 2.05. The second kappa shape index (κ2) is 7.56. The number of amides is 1. The van der Waals surface area contributed by atoms with Crippen LogP contribution in [0.4, 0.5) is 5.13 Å². The molecule has 0 saturated carbocycles. The number of rotatable bonds is 5. The fourth-order valence-electron chi connectivity index (χ4n) is 3.02. The van der Waals surface area contributed by atoms with Gasteiger partial charge in [-0.2, -0.15) is 0 Å². The molecule has 0 aliphatic carbocycles. The van der Waals surface area contributed by atoms with Crippen LogP contribution >= 0.6 is 11.3 Å². The molecule has 26 heavy (non-hydrogen) atoms. The van der Waals surface area contributed by atoms with E-state index in [-0.39, 0.29) is 5.91 Å². The molecule has 0 unspecified atom stereocenters. The van der Waals surface area contributed by atoms with Crippen molar-refractivity contribution in [2.45, 2.75) is 20.8 Å². The molecule has 3 aromatic rings. The Bertz CT molecular complexity index is 946. The minimum atomic E-state index is 0.0124. The summed E-state index contributed by atoms with van der Waals surface area (Å²) in [6.45, 7) is 7.53. The van der Waals surface area contributed by atoms with Gasteiger partial charge in [0, 0.05) is 18.7 Å². The highest BCUT2D eigenvalue weighted by molar-refractivity contribution is 7.22. The van der Waals surface area contributed by atoms with Gasteiger partial charge in [-0.25, -0.2) is 4.98 Å². The molecule has 3 rings (SSSR count). The van der Waals surface area contributed by atoms with Crippen molar-refractivity contribution in [3.05, 3.63) is 58.7 Å². The minimum absolute atomic E-state index is 0.0124. The number of carbonyl (C=O) groups excluding carboxylic acids is 1. The first-order valence-corrected chi connectivity index (χ1v) is 9.58. The summed E-state index contributed by atoms with van der Waals surface area (Å²) in [5.41, 5.74) is 5.08. The Morgan fingerprint density at radius 3 is 2.46 bits per heavy atom. The quantitative estimate of drug-likeness (QED) is 0.669. The number of anilines is 1. The first-order chi connectivity index (χ1) is 12.4. The summed E-state index contributed by atoms with van der Waals surface area (Å²) in [5.74, 6) is 0.0124. The molecule has 0 fully saturated rings. The maximum Gasteiger partial charge on any atom is 0.260 e. The van der Waals surface area contributed by atoms with Gasteiger partial charge in [0.25, 0.3) is 5.91 Å². The number of likely N-dealkylation sites (N-methyl/N-ethyl adjacent to an activating group) is 1. The van der Waals surface area contributed by atoms with E-state index in [1.165, 1.54) is 5.56 Å². The highest BCUT2D eigenvalue weighted by Crippen LogP contribution is 2.32. The van der Waals surface area contributed by atoms with Crippen molar-refractivity contribution in [3.63, 3.8) is 0 Å². The van der Waals surface area contributed by atoms with Crippen molar-refractivity contribution in [3.8, 4) is 0 Å². The molecule has 1 amide bonds. The minimum Gasteiger partial charge on any atom is -0.308 e. The van der Waals surface area contributed by atoms with Gasteiger partial charge in [0.2, 0.25) is 0 Å². The average Bonchev–Trinajstić information content (AvgIpc) is 2.99. The van der Waals surface area contributed by atoms with Crippen LogP contribution < -0.4 is 4.90 Å².